The van der Waals surface area contributed by atoms with Gasteiger partial charge in [0, 0.05) is 45.0 Å². The molecule has 1 amide bonds. The summed E-state index contributed by atoms with van der Waals surface area (Å²) in [7, 11) is 0. The van der Waals surface area contributed by atoms with E-state index in [1.165, 1.54) is 25.0 Å². The second kappa shape index (κ2) is 9.19. The lowest BCUT2D eigenvalue weighted by Crippen LogP contribution is -2.51. The number of pyridine rings is 1. The standard InChI is InChI=1S/C25H31FN6O/c1-17(2)31-11-10-30(14-18-6-7-18)16-22(31)24-29-28-23-9-8-20(15-32(23)24)25(33)27-13-19-4-3-5-21(26)12-19/h3-5,8-9,12,15,17-18,22H,6-7,10-11,13-14,16H2,1-2H3,(H,27,33)/t22-/m1/s1. The molecule has 33 heavy (non-hydrogen) atoms. The second-order valence-electron chi connectivity index (χ2n) is 9.57. The fourth-order valence-corrected chi connectivity index (χ4v) is 4.73. The van der Waals surface area contributed by atoms with Gasteiger partial charge in [-0.15, -0.1) is 10.2 Å². The van der Waals surface area contributed by atoms with Crippen LogP contribution in [0.2, 0.25) is 0 Å². The minimum atomic E-state index is -0.310. The molecule has 0 radical (unpaired) electrons. The Hall–Kier alpha value is -2.84. The monoisotopic (exact) mass is 450 g/mol. The highest BCUT2D eigenvalue weighted by Gasteiger charge is 2.35. The van der Waals surface area contributed by atoms with Gasteiger partial charge in [0.15, 0.2) is 11.5 Å². The van der Waals surface area contributed by atoms with Crippen LogP contribution in [0.4, 0.5) is 4.39 Å². The quantitative estimate of drug-likeness (QED) is 0.599. The number of rotatable bonds is 7. The van der Waals surface area contributed by atoms with E-state index >= 15 is 0 Å². The molecule has 0 unspecified atom stereocenters. The summed E-state index contributed by atoms with van der Waals surface area (Å²) in [4.78, 5) is 17.9. The largest absolute Gasteiger partial charge is 0.348 e. The molecular weight excluding hydrogens is 419 g/mol. The van der Waals surface area contributed by atoms with Crippen molar-refractivity contribution in [2.75, 3.05) is 26.2 Å². The van der Waals surface area contributed by atoms with Crippen molar-refractivity contribution in [3.05, 3.63) is 65.4 Å². The molecule has 7 nitrogen and oxygen atoms in total. The van der Waals surface area contributed by atoms with Gasteiger partial charge < -0.3 is 5.32 Å². The maximum atomic E-state index is 13.4. The van der Waals surface area contributed by atoms with Gasteiger partial charge in [0.1, 0.15) is 5.82 Å². The van der Waals surface area contributed by atoms with Gasteiger partial charge in [-0.3, -0.25) is 19.0 Å². The Balaban J connectivity index is 1.37. The minimum absolute atomic E-state index is 0.123. The van der Waals surface area contributed by atoms with Crippen LogP contribution in [0.15, 0.2) is 42.6 Å². The molecule has 5 rings (SSSR count). The zero-order valence-electron chi connectivity index (χ0n) is 19.2. The van der Waals surface area contributed by atoms with Crippen LogP contribution in [0, 0.1) is 11.7 Å². The van der Waals surface area contributed by atoms with Crippen LogP contribution in [-0.4, -0.2) is 62.5 Å². The summed E-state index contributed by atoms with van der Waals surface area (Å²) in [6.07, 6.45) is 4.51. The fourth-order valence-electron chi connectivity index (χ4n) is 4.73. The zero-order chi connectivity index (χ0) is 22.9. The van der Waals surface area contributed by atoms with Crippen molar-refractivity contribution in [3.63, 3.8) is 0 Å². The van der Waals surface area contributed by atoms with E-state index in [9.17, 15) is 9.18 Å². The van der Waals surface area contributed by atoms with E-state index in [0.29, 0.717) is 11.6 Å². The summed E-state index contributed by atoms with van der Waals surface area (Å²) in [5, 5.41) is 11.8. The van der Waals surface area contributed by atoms with E-state index in [4.69, 9.17) is 0 Å². The van der Waals surface area contributed by atoms with Gasteiger partial charge in [0.2, 0.25) is 0 Å². The maximum Gasteiger partial charge on any atom is 0.253 e. The van der Waals surface area contributed by atoms with E-state index in [1.54, 1.807) is 18.2 Å². The molecule has 1 atom stereocenters. The van der Waals surface area contributed by atoms with E-state index in [-0.39, 0.29) is 24.3 Å². The third kappa shape index (κ3) is 4.91. The number of amides is 1. The lowest BCUT2D eigenvalue weighted by molar-refractivity contribution is 0.0437. The average Bonchev–Trinajstić information content (AvgIpc) is 3.52. The number of aromatic nitrogens is 3. The predicted octanol–water partition coefficient (Wildman–Crippen LogP) is 3.28. The van der Waals surface area contributed by atoms with Crippen LogP contribution < -0.4 is 5.32 Å². The first-order valence-corrected chi connectivity index (χ1v) is 11.8. The number of nitrogens with one attached hydrogen (secondary N) is 1. The van der Waals surface area contributed by atoms with Crippen LogP contribution in [0.1, 0.15) is 54.5 Å². The number of halogens is 1. The summed E-state index contributed by atoms with van der Waals surface area (Å²) in [6.45, 7) is 8.87. The van der Waals surface area contributed by atoms with Gasteiger partial charge in [-0.25, -0.2) is 4.39 Å². The second-order valence-corrected chi connectivity index (χ2v) is 9.57. The van der Waals surface area contributed by atoms with Crippen molar-refractivity contribution in [3.8, 4) is 0 Å². The molecule has 1 N–H and O–H groups in total. The van der Waals surface area contributed by atoms with Crippen molar-refractivity contribution in [2.24, 2.45) is 5.92 Å². The fraction of sp³-hybridized carbons (Fsp3) is 0.480. The smallest absolute Gasteiger partial charge is 0.253 e. The highest BCUT2D eigenvalue weighted by molar-refractivity contribution is 5.94. The van der Waals surface area contributed by atoms with Crippen LogP contribution >= 0.6 is 0 Å². The molecule has 1 aliphatic heterocycles. The Bertz CT molecular complexity index is 1140. The first-order chi connectivity index (χ1) is 16.0. The average molecular weight is 451 g/mol. The van der Waals surface area contributed by atoms with Crippen molar-refractivity contribution in [1.29, 1.82) is 0 Å². The number of piperazine rings is 1. The molecule has 1 aromatic carbocycles. The van der Waals surface area contributed by atoms with E-state index in [2.05, 4.69) is 39.2 Å². The van der Waals surface area contributed by atoms with E-state index in [1.807, 2.05) is 16.7 Å². The Labute approximate surface area is 193 Å². The molecule has 1 saturated heterocycles. The molecule has 1 aliphatic carbocycles. The highest BCUT2D eigenvalue weighted by atomic mass is 19.1. The summed E-state index contributed by atoms with van der Waals surface area (Å²) in [5.41, 5.74) is 1.98. The van der Waals surface area contributed by atoms with Crippen LogP contribution in [0.25, 0.3) is 5.65 Å². The summed E-state index contributed by atoms with van der Waals surface area (Å²) < 4.78 is 15.4. The van der Waals surface area contributed by atoms with Crippen molar-refractivity contribution >= 4 is 11.6 Å². The Morgan fingerprint density at radius 1 is 1.18 bits per heavy atom. The topological polar surface area (TPSA) is 65.8 Å². The number of hydrogen-bond acceptors (Lipinski definition) is 5. The van der Waals surface area contributed by atoms with Gasteiger partial charge >= 0.3 is 0 Å². The number of nitrogens with zero attached hydrogens (tertiary/aromatic N) is 5. The van der Waals surface area contributed by atoms with Gasteiger partial charge in [-0.1, -0.05) is 12.1 Å². The van der Waals surface area contributed by atoms with Crippen molar-refractivity contribution < 1.29 is 9.18 Å². The molecule has 0 bridgehead atoms. The zero-order valence-corrected chi connectivity index (χ0v) is 19.2. The van der Waals surface area contributed by atoms with Crippen LogP contribution in [-0.2, 0) is 6.54 Å². The number of benzene rings is 1. The lowest BCUT2D eigenvalue weighted by atomic mass is 10.1. The minimum Gasteiger partial charge on any atom is -0.348 e. The normalized spacial score (nSPS) is 19.9. The SMILES string of the molecule is CC(C)N1CCN(CC2CC2)C[C@@H]1c1nnc2ccc(C(=O)NCc3cccc(F)c3)cn12. The van der Waals surface area contributed by atoms with Gasteiger partial charge in [-0.05, 0) is 62.4 Å². The third-order valence-corrected chi connectivity index (χ3v) is 6.71. The van der Waals surface area contributed by atoms with E-state index < -0.39 is 0 Å². The van der Waals surface area contributed by atoms with Gasteiger partial charge in [0.05, 0.1) is 11.6 Å². The van der Waals surface area contributed by atoms with Crippen LogP contribution in [0.3, 0.4) is 0 Å². The highest BCUT2D eigenvalue weighted by Crippen LogP contribution is 2.33. The number of carbonyl (C=O) groups excluding carboxylic acids is 1. The molecule has 3 aromatic rings. The number of fused-ring (bicyclic) bond motifs is 1. The summed E-state index contributed by atoms with van der Waals surface area (Å²) >= 11 is 0. The molecular formula is C25H31FN6O. The predicted molar refractivity (Wildman–Crippen MR) is 124 cm³/mol. The lowest BCUT2D eigenvalue weighted by Gasteiger charge is -2.42. The third-order valence-electron chi connectivity index (χ3n) is 6.71. The van der Waals surface area contributed by atoms with Crippen LogP contribution in [0.5, 0.6) is 0 Å². The first-order valence-electron chi connectivity index (χ1n) is 11.8. The van der Waals surface area contributed by atoms with E-state index in [0.717, 1.165) is 49.1 Å². The summed E-state index contributed by atoms with van der Waals surface area (Å²) in [6, 6.07) is 10.4. The Kier molecular flexibility index (Phi) is 6.12. The molecule has 2 aromatic heterocycles. The molecule has 8 heteroatoms. The Morgan fingerprint density at radius 2 is 2.03 bits per heavy atom. The maximum absolute atomic E-state index is 13.4. The molecule has 1 saturated carbocycles. The summed E-state index contributed by atoms with van der Waals surface area (Å²) in [5.74, 6) is 1.20. The molecule has 2 fully saturated rings. The van der Waals surface area contributed by atoms with Crippen molar-refractivity contribution in [2.45, 2.75) is 45.3 Å². The van der Waals surface area contributed by atoms with Gasteiger partial charge in [0.25, 0.3) is 5.91 Å². The number of carbonyl (C=O) groups is 1. The first kappa shape index (κ1) is 22.0. The van der Waals surface area contributed by atoms with Crippen molar-refractivity contribution in [1.82, 2.24) is 29.7 Å². The molecule has 2 aliphatic rings. The Morgan fingerprint density at radius 3 is 2.79 bits per heavy atom. The van der Waals surface area contributed by atoms with Gasteiger partial charge in [-0.2, -0.15) is 0 Å². The number of hydrogen-bond donors (Lipinski definition) is 1. The molecule has 174 valence electrons. The molecule has 3 heterocycles. The molecule has 0 spiro atoms.